The number of fused-ring (bicyclic) bond motifs is 1. The molecule has 2 rings (SSSR count). The van der Waals surface area contributed by atoms with Crippen LogP contribution in [0, 0.1) is 0 Å². The zero-order valence-electron chi connectivity index (χ0n) is 11.4. The van der Waals surface area contributed by atoms with Gasteiger partial charge in [0.05, 0.1) is 5.41 Å². The molecule has 3 N–H and O–H groups in total. The molecule has 0 saturated carbocycles. The first-order chi connectivity index (χ1) is 8.37. The summed E-state index contributed by atoms with van der Waals surface area (Å²) in [6.07, 6.45) is 0. The van der Waals surface area contributed by atoms with E-state index in [1.165, 1.54) is 0 Å². The van der Waals surface area contributed by atoms with Gasteiger partial charge in [-0.2, -0.15) is 0 Å². The minimum Gasteiger partial charge on any atom is -0.329 e. The summed E-state index contributed by atoms with van der Waals surface area (Å²) in [4.78, 5) is 14.0. The number of anilines is 1. The molecule has 1 aromatic rings. The molecule has 98 valence electrons. The number of hydrogen-bond acceptors (Lipinski definition) is 3. The number of nitrogens with two attached hydrogens (primary N) is 1. The third kappa shape index (κ3) is 1.91. The molecular formula is C14H21N3O. The minimum atomic E-state index is -0.462. The smallest absolute Gasteiger partial charge is 0.234 e. The van der Waals surface area contributed by atoms with Crippen molar-refractivity contribution in [2.24, 2.45) is 5.73 Å². The van der Waals surface area contributed by atoms with Crippen molar-refractivity contribution in [1.29, 1.82) is 0 Å². The van der Waals surface area contributed by atoms with Crippen molar-refractivity contribution >= 4 is 11.6 Å². The van der Waals surface area contributed by atoms with E-state index in [2.05, 4.69) is 16.3 Å². The van der Waals surface area contributed by atoms with Crippen LogP contribution in [-0.2, 0) is 10.2 Å². The van der Waals surface area contributed by atoms with Crippen LogP contribution in [0.4, 0.5) is 5.69 Å². The van der Waals surface area contributed by atoms with Gasteiger partial charge in [-0.15, -0.1) is 0 Å². The number of rotatable bonds is 3. The molecule has 1 amide bonds. The van der Waals surface area contributed by atoms with Crippen LogP contribution in [0.1, 0.15) is 31.0 Å². The first kappa shape index (κ1) is 13.1. The average molecular weight is 247 g/mol. The van der Waals surface area contributed by atoms with Crippen molar-refractivity contribution in [3.8, 4) is 0 Å². The van der Waals surface area contributed by atoms with Gasteiger partial charge in [0, 0.05) is 18.3 Å². The number of hydrogen-bond donors (Lipinski definition) is 2. The monoisotopic (exact) mass is 247 g/mol. The van der Waals surface area contributed by atoms with Gasteiger partial charge in [-0.05, 0) is 45.1 Å². The number of benzene rings is 1. The lowest BCUT2D eigenvalue weighted by atomic mass is 9.84. The Balaban J connectivity index is 2.45. The second kappa shape index (κ2) is 4.37. The topological polar surface area (TPSA) is 58.4 Å². The average Bonchev–Trinajstić information content (AvgIpc) is 2.51. The fourth-order valence-electron chi connectivity index (χ4n) is 2.44. The molecule has 1 aliphatic heterocycles. The van der Waals surface area contributed by atoms with Gasteiger partial charge < -0.3 is 16.0 Å². The van der Waals surface area contributed by atoms with Crippen LogP contribution in [-0.4, -0.2) is 31.4 Å². The van der Waals surface area contributed by atoms with E-state index >= 15 is 0 Å². The highest BCUT2D eigenvalue weighted by Gasteiger charge is 2.38. The number of carbonyl (C=O) groups excluding carboxylic acids is 1. The Kier molecular flexibility index (Phi) is 3.17. The maximum atomic E-state index is 11.9. The summed E-state index contributed by atoms with van der Waals surface area (Å²) in [6, 6.07) is 6.30. The summed E-state index contributed by atoms with van der Waals surface area (Å²) >= 11 is 0. The van der Waals surface area contributed by atoms with Crippen molar-refractivity contribution in [2.45, 2.75) is 25.3 Å². The van der Waals surface area contributed by atoms with E-state index in [1.54, 1.807) is 0 Å². The first-order valence-corrected chi connectivity index (χ1v) is 6.20. The summed E-state index contributed by atoms with van der Waals surface area (Å²) in [5.74, 6) is 0.0591. The molecule has 1 atom stereocenters. The third-order valence-corrected chi connectivity index (χ3v) is 3.76. The van der Waals surface area contributed by atoms with Gasteiger partial charge in [-0.3, -0.25) is 4.79 Å². The maximum Gasteiger partial charge on any atom is 0.234 e. The standard InChI is InChI=1S/C14H21N3O/c1-14(2)10-7-9(12(8-15)17(3)4)5-6-11(10)16-13(14)18/h5-7,12H,8,15H2,1-4H3,(H,16,18). The predicted molar refractivity (Wildman–Crippen MR) is 73.6 cm³/mol. The lowest BCUT2D eigenvalue weighted by molar-refractivity contribution is -0.119. The lowest BCUT2D eigenvalue weighted by Gasteiger charge is -2.24. The van der Waals surface area contributed by atoms with E-state index in [-0.39, 0.29) is 11.9 Å². The normalized spacial score (nSPS) is 18.7. The zero-order chi connectivity index (χ0) is 13.5. The van der Waals surface area contributed by atoms with Gasteiger partial charge in [0.25, 0.3) is 0 Å². The number of nitrogens with zero attached hydrogens (tertiary/aromatic N) is 1. The maximum absolute atomic E-state index is 11.9. The number of carbonyl (C=O) groups is 1. The molecule has 0 aromatic heterocycles. The largest absolute Gasteiger partial charge is 0.329 e. The molecule has 1 unspecified atom stereocenters. The Bertz CT molecular complexity index is 480. The van der Waals surface area contributed by atoms with E-state index < -0.39 is 5.41 Å². The van der Waals surface area contributed by atoms with Gasteiger partial charge in [0.15, 0.2) is 0 Å². The summed E-state index contributed by atoms with van der Waals surface area (Å²) in [7, 11) is 4.03. The quantitative estimate of drug-likeness (QED) is 0.850. The Hall–Kier alpha value is -1.39. The molecule has 0 aliphatic carbocycles. The van der Waals surface area contributed by atoms with E-state index in [9.17, 15) is 4.79 Å². The molecule has 1 aliphatic rings. The molecule has 0 saturated heterocycles. The van der Waals surface area contributed by atoms with E-state index in [0.29, 0.717) is 6.54 Å². The first-order valence-electron chi connectivity index (χ1n) is 6.20. The van der Waals surface area contributed by atoms with Crippen molar-refractivity contribution in [2.75, 3.05) is 26.0 Å². The van der Waals surface area contributed by atoms with E-state index in [4.69, 9.17) is 5.73 Å². The van der Waals surface area contributed by atoms with Gasteiger partial charge in [0.2, 0.25) is 5.91 Å². The van der Waals surface area contributed by atoms with Gasteiger partial charge in [0.1, 0.15) is 0 Å². The highest BCUT2D eigenvalue weighted by molar-refractivity contribution is 6.05. The fourth-order valence-corrected chi connectivity index (χ4v) is 2.44. The van der Waals surface area contributed by atoms with Crippen LogP contribution < -0.4 is 11.1 Å². The predicted octanol–water partition coefficient (Wildman–Crippen LogP) is 1.48. The molecule has 1 aromatic carbocycles. The Morgan fingerprint density at radius 1 is 1.39 bits per heavy atom. The molecule has 18 heavy (non-hydrogen) atoms. The van der Waals surface area contributed by atoms with Crippen molar-refractivity contribution in [3.63, 3.8) is 0 Å². The van der Waals surface area contributed by atoms with Crippen LogP contribution in [0.5, 0.6) is 0 Å². The van der Waals surface area contributed by atoms with E-state index in [1.807, 2.05) is 40.1 Å². The number of nitrogens with one attached hydrogen (secondary N) is 1. The summed E-state index contributed by atoms with van der Waals surface area (Å²) in [6.45, 7) is 4.46. The Morgan fingerprint density at radius 3 is 2.61 bits per heavy atom. The second-order valence-corrected chi connectivity index (χ2v) is 5.60. The molecule has 1 heterocycles. The van der Waals surface area contributed by atoms with Crippen molar-refractivity contribution < 1.29 is 4.79 Å². The van der Waals surface area contributed by atoms with Crippen molar-refractivity contribution in [1.82, 2.24) is 4.90 Å². The molecule has 0 fully saturated rings. The third-order valence-electron chi connectivity index (χ3n) is 3.76. The number of likely N-dealkylation sites (N-methyl/N-ethyl adjacent to an activating group) is 1. The van der Waals surface area contributed by atoms with Crippen LogP contribution in [0.3, 0.4) is 0 Å². The van der Waals surface area contributed by atoms with E-state index in [0.717, 1.165) is 16.8 Å². The van der Waals surface area contributed by atoms with Crippen LogP contribution in [0.2, 0.25) is 0 Å². The molecule has 0 radical (unpaired) electrons. The van der Waals surface area contributed by atoms with Crippen LogP contribution in [0.25, 0.3) is 0 Å². The number of amides is 1. The highest BCUT2D eigenvalue weighted by Crippen LogP contribution is 2.38. The highest BCUT2D eigenvalue weighted by atomic mass is 16.2. The molecule has 0 spiro atoms. The van der Waals surface area contributed by atoms with Gasteiger partial charge >= 0.3 is 0 Å². The van der Waals surface area contributed by atoms with Crippen LogP contribution >= 0.6 is 0 Å². The Morgan fingerprint density at radius 2 is 2.06 bits per heavy atom. The Labute approximate surface area is 108 Å². The second-order valence-electron chi connectivity index (χ2n) is 5.60. The molecular weight excluding hydrogens is 226 g/mol. The minimum absolute atomic E-state index is 0.0591. The lowest BCUT2D eigenvalue weighted by Crippen LogP contribution is -2.28. The molecule has 0 bridgehead atoms. The molecule has 4 nitrogen and oxygen atoms in total. The van der Waals surface area contributed by atoms with Crippen molar-refractivity contribution in [3.05, 3.63) is 29.3 Å². The van der Waals surface area contributed by atoms with Crippen LogP contribution in [0.15, 0.2) is 18.2 Å². The SMILES string of the molecule is CN(C)C(CN)c1ccc2c(c1)C(C)(C)C(=O)N2. The molecule has 4 heteroatoms. The summed E-state index contributed by atoms with van der Waals surface area (Å²) < 4.78 is 0. The fraction of sp³-hybridized carbons (Fsp3) is 0.500. The van der Waals surface area contributed by atoms with Gasteiger partial charge in [-0.25, -0.2) is 0 Å². The summed E-state index contributed by atoms with van der Waals surface area (Å²) in [5, 5.41) is 2.92. The van der Waals surface area contributed by atoms with Gasteiger partial charge in [-0.1, -0.05) is 12.1 Å². The summed E-state index contributed by atoms with van der Waals surface area (Å²) in [5.41, 5.74) is 8.50. The zero-order valence-corrected chi connectivity index (χ0v) is 11.4.